The van der Waals surface area contributed by atoms with Crippen LogP contribution in [0.5, 0.6) is 0 Å². The first-order valence-corrected chi connectivity index (χ1v) is 8.12. The smallest absolute Gasteiger partial charge is 0.268 e. The molecule has 7 nitrogen and oxygen atoms in total. The second kappa shape index (κ2) is 5.22. The number of benzene rings is 1. The number of sulfonamides is 1. The summed E-state index contributed by atoms with van der Waals surface area (Å²) in [7, 11) is -3.92. The predicted molar refractivity (Wildman–Crippen MR) is 81.3 cm³/mol. The van der Waals surface area contributed by atoms with E-state index >= 15 is 0 Å². The maximum absolute atomic E-state index is 12.5. The Hall–Kier alpha value is -2.19. The van der Waals surface area contributed by atoms with Crippen LogP contribution in [-0.2, 0) is 10.0 Å². The molecular formula is C13H11ClN4O3S. The molecule has 0 bridgehead atoms. The van der Waals surface area contributed by atoms with Crippen molar-refractivity contribution in [3.8, 4) is 0 Å². The van der Waals surface area contributed by atoms with Crippen LogP contribution in [0.1, 0.15) is 11.5 Å². The first-order valence-electron chi connectivity index (χ1n) is 6.26. The van der Waals surface area contributed by atoms with E-state index in [-0.39, 0.29) is 27.3 Å². The van der Waals surface area contributed by atoms with Crippen LogP contribution in [0.15, 0.2) is 33.7 Å². The maximum Gasteiger partial charge on any atom is 0.268 e. The van der Waals surface area contributed by atoms with Crippen LogP contribution in [0.4, 0.5) is 5.82 Å². The van der Waals surface area contributed by atoms with E-state index in [9.17, 15) is 8.42 Å². The molecule has 0 amide bonds. The summed E-state index contributed by atoms with van der Waals surface area (Å²) < 4.78 is 32.1. The van der Waals surface area contributed by atoms with Gasteiger partial charge in [0.1, 0.15) is 5.69 Å². The largest absolute Gasteiger partial charge is 0.360 e. The third-order valence-corrected chi connectivity index (χ3v) is 4.84. The van der Waals surface area contributed by atoms with Gasteiger partial charge in [0.05, 0.1) is 11.0 Å². The van der Waals surface area contributed by atoms with Crippen molar-refractivity contribution in [2.24, 2.45) is 0 Å². The van der Waals surface area contributed by atoms with Crippen molar-refractivity contribution in [1.82, 2.24) is 15.1 Å². The van der Waals surface area contributed by atoms with Gasteiger partial charge in [-0.15, -0.1) is 0 Å². The molecule has 0 radical (unpaired) electrons. The van der Waals surface area contributed by atoms with E-state index < -0.39 is 10.0 Å². The van der Waals surface area contributed by atoms with Crippen molar-refractivity contribution in [3.63, 3.8) is 0 Å². The summed E-state index contributed by atoms with van der Waals surface area (Å²) in [4.78, 5) is 8.29. The molecule has 0 fully saturated rings. The van der Waals surface area contributed by atoms with Gasteiger partial charge in [-0.1, -0.05) is 28.9 Å². The minimum absolute atomic E-state index is 0.0291. The number of aryl methyl sites for hydroxylation is 2. The Morgan fingerprint density at radius 2 is 1.77 bits per heavy atom. The molecule has 22 heavy (non-hydrogen) atoms. The second-order valence-electron chi connectivity index (χ2n) is 4.61. The molecule has 9 heteroatoms. The number of hydrogen-bond donors (Lipinski definition) is 1. The van der Waals surface area contributed by atoms with E-state index in [1.165, 1.54) is 6.92 Å². The van der Waals surface area contributed by atoms with Gasteiger partial charge in [0.15, 0.2) is 21.6 Å². The minimum atomic E-state index is -3.92. The van der Waals surface area contributed by atoms with Crippen molar-refractivity contribution in [1.29, 1.82) is 0 Å². The molecular weight excluding hydrogens is 328 g/mol. The van der Waals surface area contributed by atoms with Gasteiger partial charge in [-0.25, -0.2) is 18.4 Å². The normalized spacial score (nSPS) is 11.8. The lowest BCUT2D eigenvalue weighted by molar-refractivity contribution is 0.390. The Labute approximate surface area is 131 Å². The molecule has 0 saturated carbocycles. The summed E-state index contributed by atoms with van der Waals surface area (Å²) in [5.74, 6) is 0.148. The second-order valence-corrected chi connectivity index (χ2v) is 6.59. The van der Waals surface area contributed by atoms with Gasteiger partial charge in [-0.05, 0) is 26.0 Å². The fourth-order valence-corrected chi connectivity index (χ4v) is 3.66. The maximum atomic E-state index is 12.5. The highest BCUT2D eigenvalue weighted by molar-refractivity contribution is 7.92. The number of fused-ring (bicyclic) bond motifs is 1. The number of para-hydroxylation sites is 2. The van der Waals surface area contributed by atoms with Crippen LogP contribution in [0.25, 0.3) is 11.0 Å². The third-order valence-electron chi connectivity index (χ3n) is 3.00. The van der Waals surface area contributed by atoms with Crippen molar-refractivity contribution in [2.45, 2.75) is 18.7 Å². The average Bonchev–Trinajstić information content (AvgIpc) is 2.79. The highest BCUT2D eigenvalue weighted by Gasteiger charge is 2.25. The molecule has 0 saturated heterocycles. The van der Waals surface area contributed by atoms with E-state index in [1.54, 1.807) is 31.2 Å². The van der Waals surface area contributed by atoms with E-state index in [1.807, 2.05) is 0 Å². The molecule has 0 spiro atoms. The zero-order valence-electron chi connectivity index (χ0n) is 11.7. The van der Waals surface area contributed by atoms with Crippen LogP contribution in [0, 0.1) is 13.8 Å². The molecule has 1 N–H and O–H groups in total. The molecule has 0 atom stereocenters. The predicted octanol–water partition coefficient (Wildman–Crippen LogP) is 2.69. The number of hydrogen-bond acceptors (Lipinski definition) is 6. The summed E-state index contributed by atoms with van der Waals surface area (Å²) in [6.45, 7) is 3.06. The first kappa shape index (κ1) is 14.7. The lowest BCUT2D eigenvalue weighted by Crippen LogP contribution is -2.16. The summed E-state index contributed by atoms with van der Waals surface area (Å²) in [5, 5.41) is 3.60. The number of anilines is 1. The van der Waals surface area contributed by atoms with Gasteiger partial charge in [0, 0.05) is 0 Å². The Morgan fingerprint density at radius 1 is 1.14 bits per heavy atom. The molecule has 0 aliphatic heterocycles. The zero-order valence-corrected chi connectivity index (χ0v) is 13.2. The first-order chi connectivity index (χ1) is 10.4. The van der Waals surface area contributed by atoms with E-state index in [0.29, 0.717) is 11.0 Å². The molecule has 2 heterocycles. The number of halogens is 1. The number of nitrogens with zero attached hydrogens (tertiary/aromatic N) is 3. The molecule has 114 valence electrons. The van der Waals surface area contributed by atoms with Crippen LogP contribution >= 0.6 is 11.6 Å². The number of aromatic nitrogens is 3. The average molecular weight is 339 g/mol. The van der Waals surface area contributed by atoms with Crippen LogP contribution in [0.3, 0.4) is 0 Å². The van der Waals surface area contributed by atoms with E-state index in [2.05, 4.69) is 19.8 Å². The Morgan fingerprint density at radius 3 is 2.36 bits per heavy atom. The standard InChI is InChI=1S/C13H11ClN4O3S/c1-7-11(8(2)21-17-7)22(19,20)18-13-12(14)15-9-5-3-4-6-10(9)16-13/h3-6H,1-2H3,(H,16,18). The molecule has 0 aliphatic rings. The summed E-state index contributed by atoms with van der Waals surface area (Å²) in [5.41, 5.74) is 1.37. The number of nitrogens with one attached hydrogen (secondary N) is 1. The quantitative estimate of drug-likeness (QED) is 0.788. The minimum Gasteiger partial charge on any atom is -0.360 e. The topological polar surface area (TPSA) is 98.0 Å². The van der Waals surface area contributed by atoms with E-state index in [0.717, 1.165) is 0 Å². The van der Waals surface area contributed by atoms with Gasteiger partial charge in [-0.2, -0.15) is 0 Å². The fourth-order valence-electron chi connectivity index (χ4n) is 2.08. The monoisotopic (exact) mass is 338 g/mol. The summed E-state index contributed by atoms with van der Waals surface area (Å²) in [6.07, 6.45) is 0. The van der Waals surface area contributed by atoms with Crippen molar-refractivity contribution in [3.05, 3.63) is 40.9 Å². The molecule has 3 aromatic rings. The third kappa shape index (κ3) is 2.51. The van der Waals surface area contributed by atoms with Gasteiger partial charge in [-0.3, -0.25) is 4.72 Å². The van der Waals surface area contributed by atoms with E-state index in [4.69, 9.17) is 16.1 Å². The Bertz CT molecular complexity index is 949. The Balaban J connectivity index is 2.08. The molecule has 0 aliphatic carbocycles. The van der Waals surface area contributed by atoms with Gasteiger partial charge >= 0.3 is 0 Å². The lowest BCUT2D eigenvalue weighted by atomic mass is 10.3. The van der Waals surface area contributed by atoms with Crippen molar-refractivity contribution < 1.29 is 12.9 Å². The molecule has 0 unspecified atom stereocenters. The zero-order chi connectivity index (χ0) is 15.9. The van der Waals surface area contributed by atoms with Crippen molar-refractivity contribution >= 4 is 38.5 Å². The highest BCUT2D eigenvalue weighted by Crippen LogP contribution is 2.26. The fraction of sp³-hybridized carbons (Fsp3) is 0.154. The highest BCUT2D eigenvalue weighted by atomic mass is 35.5. The molecule has 3 rings (SSSR count). The summed E-state index contributed by atoms with van der Waals surface area (Å²) >= 11 is 6.01. The SMILES string of the molecule is Cc1noc(C)c1S(=O)(=O)Nc1nc2ccccc2nc1Cl. The molecule has 1 aromatic carbocycles. The van der Waals surface area contributed by atoms with Crippen molar-refractivity contribution in [2.75, 3.05) is 4.72 Å². The van der Waals surface area contributed by atoms with Crippen LogP contribution in [-0.4, -0.2) is 23.5 Å². The van der Waals surface area contributed by atoms with Gasteiger partial charge in [0.2, 0.25) is 0 Å². The number of rotatable bonds is 3. The molecule has 2 aromatic heterocycles. The summed E-state index contributed by atoms with van der Waals surface area (Å²) in [6, 6.07) is 7.02. The van der Waals surface area contributed by atoms with Gasteiger partial charge < -0.3 is 4.52 Å². The van der Waals surface area contributed by atoms with Crippen LogP contribution < -0.4 is 4.72 Å². The lowest BCUT2D eigenvalue weighted by Gasteiger charge is -2.08. The Kier molecular flexibility index (Phi) is 3.50. The van der Waals surface area contributed by atoms with Gasteiger partial charge in [0.25, 0.3) is 10.0 Å². The van der Waals surface area contributed by atoms with Crippen LogP contribution in [0.2, 0.25) is 5.15 Å².